The molecule has 6 nitrogen and oxygen atoms in total. The molecule has 0 fully saturated rings. The Morgan fingerprint density at radius 1 is 1.28 bits per heavy atom. The maximum Gasteiger partial charge on any atom is 0.276 e. The zero-order valence-electron chi connectivity index (χ0n) is 13.5. The fourth-order valence-electron chi connectivity index (χ4n) is 2.64. The number of halogens is 1. The number of pyridine rings is 2. The van der Waals surface area contributed by atoms with E-state index in [1.54, 1.807) is 6.07 Å². The quantitative estimate of drug-likeness (QED) is 0.666. The lowest BCUT2D eigenvalue weighted by Gasteiger charge is -2.12. The molecule has 1 aromatic carbocycles. The maximum absolute atomic E-state index is 12.3. The van der Waals surface area contributed by atoms with Gasteiger partial charge >= 0.3 is 0 Å². The molecule has 0 unspecified atom stereocenters. The molecule has 0 aliphatic carbocycles. The van der Waals surface area contributed by atoms with Crippen molar-refractivity contribution in [3.63, 3.8) is 0 Å². The number of anilines is 1. The van der Waals surface area contributed by atoms with Gasteiger partial charge in [0.2, 0.25) is 0 Å². The fourth-order valence-corrected chi connectivity index (χ4v) is 2.99. The molecule has 0 saturated heterocycles. The Morgan fingerprint density at radius 2 is 2.00 bits per heavy atom. The van der Waals surface area contributed by atoms with E-state index in [0.717, 1.165) is 18.4 Å². The number of fused-ring (bicyclic) bond motifs is 1. The van der Waals surface area contributed by atoms with Crippen molar-refractivity contribution < 1.29 is 9.90 Å². The molecule has 2 heterocycles. The number of aromatic nitrogens is 2. The minimum absolute atomic E-state index is 0.232. The average Bonchev–Trinajstić information content (AvgIpc) is 2.61. The topological polar surface area (TPSA) is 95.1 Å². The zero-order chi connectivity index (χ0) is 18.0. The van der Waals surface area contributed by atoms with Gasteiger partial charge in [-0.25, -0.2) is 0 Å². The van der Waals surface area contributed by atoms with Gasteiger partial charge in [0.15, 0.2) is 11.4 Å². The van der Waals surface area contributed by atoms with Crippen molar-refractivity contribution in [3.05, 3.63) is 63.2 Å². The number of hydrogen-bond donors (Lipinski definition) is 3. The predicted octanol–water partition coefficient (Wildman–Crippen LogP) is 3.49. The van der Waals surface area contributed by atoms with Crippen LogP contribution in [-0.2, 0) is 6.42 Å². The number of rotatable bonds is 4. The van der Waals surface area contributed by atoms with Gasteiger partial charge in [0.1, 0.15) is 0 Å². The number of hydrogen-bond acceptors (Lipinski definition) is 4. The van der Waals surface area contributed by atoms with Crippen LogP contribution in [0.4, 0.5) is 5.69 Å². The lowest BCUT2D eigenvalue weighted by atomic mass is 10.1. The predicted molar refractivity (Wildman–Crippen MR) is 97.4 cm³/mol. The number of nitrogens with zero attached hydrogens (tertiary/aromatic N) is 1. The molecule has 0 bridgehead atoms. The fraction of sp³-hybridized carbons (Fsp3) is 0.167. The molecule has 3 rings (SSSR count). The Kier molecular flexibility index (Phi) is 4.72. The van der Waals surface area contributed by atoms with Crippen LogP contribution in [-0.4, -0.2) is 21.0 Å². The first-order valence-corrected chi connectivity index (χ1v) is 8.18. The second-order valence-electron chi connectivity index (χ2n) is 5.58. The van der Waals surface area contributed by atoms with Gasteiger partial charge in [-0.15, -0.1) is 0 Å². The highest BCUT2D eigenvalue weighted by Gasteiger charge is 2.18. The van der Waals surface area contributed by atoms with Crippen LogP contribution < -0.4 is 10.9 Å². The summed E-state index contributed by atoms with van der Waals surface area (Å²) in [5.74, 6) is -0.868. The average molecular weight is 358 g/mol. The van der Waals surface area contributed by atoms with Crippen molar-refractivity contribution in [1.29, 1.82) is 0 Å². The van der Waals surface area contributed by atoms with Crippen molar-refractivity contribution >= 4 is 34.1 Å². The highest BCUT2D eigenvalue weighted by molar-refractivity contribution is 6.37. The van der Waals surface area contributed by atoms with Crippen molar-refractivity contribution in [2.45, 2.75) is 19.8 Å². The van der Waals surface area contributed by atoms with E-state index in [9.17, 15) is 14.7 Å². The van der Waals surface area contributed by atoms with E-state index in [1.807, 2.05) is 13.0 Å². The van der Waals surface area contributed by atoms with E-state index in [0.29, 0.717) is 21.5 Å². The van der Waals surface area contributed by atoms with Crippen LogP contribution in [0.5, 0.6) is 5.75 Å². The lowest BCUT2D eigenvalue weighted by molar-refractivity contribution is 0.102. The minimum atomic E-state index is -0.605. The van der Waals surface area contributed by atoms with E-state index < -0.39 is 11.5 Å². The summed E-state index contributed by atoms with van der Waals surface area (Å²) in [5.41, 5.74) is 0.760. The monoisotopic (exact) mass is 357 g/mol. The van der Waals surface area contributed by atoms with Gasteiger partial charge in [-0.3, -0.25) is 14.6 Å². The van der Waals surface area contributed by atoms with Crippen molar-refractivity contribution in [3.8, 4) is 5.75 Å². The van der Waals surface area contributed by atoms with Crippen LogP contribution >= 0.6 is 11.6 Å². The normalized spacial score (nSPS) is 10.8. The molecule has 0 aliphatic rings. The Morgan fingerprint density at radius 3 is 2.68 bits per heavy atom. The first kappa shape index (κ1) is 17.0. The molecule has 25 heavy (non-hydrogen) atoms. The Balaban J connectivity index is 2.11. The Labute approximate surface area is 148 Å². The van der Waals surface area contributed by atoms with E-state index in [-0.39, 0.29) is 11.4 Å². The number of amides is 1. The second kappa shape index (κ2) is 6.94. The molecule has 2 aromatic heterocycles. The summed E-state index contributed by atoms with van der Waals surface area (Å²) in [5, 5.41) is 13.7. The van der Waals surface area contributed by atoms with Crippen molar-refractivity contribution in [2.24, 2.45) is 0 Å². The zero-order valence-corrected chi connectivity index (χ0v) is 14.2. The molecule has 0 atom stereocenters. The molecule has 3 aromatic rings. The standard InChI is InChI=1S/C18H16ClN3O3/c1-2-3-10-4-5-12-13(14(10)19)16(23)15(18(25)21-12)22-17(24)11-6-8-20-9-7-11/h4-9H,2-3H2,1H3,(H,22,24)(H2,21,23,25). The first-order valence-electron chi connectivity index (χ1n) is 7.80. The molecule has 0 aliphatic heterocycles. The third-order valence-corrected chi connectivity index (χ3v) is 4.30. The highest BCUT2D eigenvalue weighted by Crippen LogP contribution is 2.36. The van der Waals surface area contributed by atoms with Gasteiger partial charge in [0.25, 0.3) is 11.5 Å². The van der Waals surface area contributed by atoms with Crippen LogP contribution in [0.2, 0.25) is 5.02 Å². The number of aryl methyl sites for hydroxylation is 1. The summed E-state index contributed by atoms with van der Waals surface area (Å²) >= 11 is 6.40. The summed E-state index contributed by atoms with van der Waals surface area (Å²) in [6.07, 6.45) is 4.56. The van der Waals surface area contributed by atoms with Gasteiger partial charge in [0.05, 0.1) is 15.9 Å². The number of benzene rings is 1. The molecular formula is C18H16ClN3O3. The SMILES string of the molecule is CCCc1ccc2[nH]c(=O)c(NC(=O)c3ccncc3)c(O)c2c1Cl. The molecule has 1 amide bonds. The van der Waals surface area contributed by atoms with Crippen LogP contribution in [0.3, 0.4) is 0 Å². The Bertz CT molecular complexity index is 1000. The Hall–Kier alpha value is -2.86. The molecule has 0 radical (unpaired) electrons. The summed E-state index contributed by atoms with van der Waals surface area (Å²) in [6.45, 7) is 2.02. The summed E-state index contributed by atoms with van der Waals surface area (Å²) in [7, 11) is 0. The third kappa shape index (κ3) is 3.21. The second-order valence-corrected chi connectivity index (χ2v) is 5.96. The molecule has 128 valence electrons. The van der Waals surface area contributed by atoms with E-state index in [1.165, 1.54) is 24.5 Å². The summed E-state index contributed by atoms with van der Waals surface area (Å²) in [6, 6.07) is 6.53. The first-order chi connectivity index (χ1) is 12.0. The molecule has 7 heteroatoms. The number of nitrogens with one attached hydrogen (secondary N) is 2. The lowest BCUT2D eigenvalue weighted by Crippen LogP contribution is -2.20. The largest absolute Gasteiger partial charge is 0.505 e. The maximum atomic E-state index is 12.3. The van der Waals surface area contributed by atoms with Crippen LogP contribution in [0.25, 0.3) is 10.9 Å². The van der Waals surface area contributed by atoms with Crippen LogP contribution in [0.15, 0.2) is 41.5 Å². The van der Waals surface area contributed by atoms with Gasteiger partial charge < -0.3 is 15.4 Å². The number of carbonyl (C=O) groups excluding carboxylic acids is 1. The van der Waals surface area contributed by atoms with Gasteiger partial charge in [-0.1, -0.05) is 31.0 Å². The van der Waals surface area contributed by atoms with Crippen molar-refractivity contribution in [2.75, 3.05) is 5.32 Å². The van der Waals surface area contributed by atoms with Gasteiger partial charge in [-0.2, -0.15) is 0 Å². The molecule has 0 saturated carbocycles. The van der Waals surface area contributed by atoms with E-state index in [4.69, 9.17) is 11.6 Å². The van der Waals surface area contributed by atoms with E-state index >= 15 is 0 Å². The van der Waals surface area contributed by atoms with E-state index in [2.05, 4.69) is 15.3 Å². The van der Waals surface area contributed by atoms with Gasteiger partial charge in [-0.05, 0) is 30.2 Å². The number of carbonyl (C=O) groups is 1. The number of aromatic hydroxyl groups is 1. The molecule has 3 N–H and O–H groups in total. The molecule has 0 spiro atoms. The third-order valence-electron chi connectivity index (χ3n) is 3.87. The summed E-state index contributed by atoms with van der Waals surface area (Å²) in [4.78, 5) is 31.0. The molecular weight excluding hydrogens is 342 g/mol. The number of H-pyrrole nitrogens is 1. The van der Waals surface area contributed by atoms with Crippen LogP contribution in [0, 0.1) is 0 Å². The van der Waals surface area contributed by atoms with Crippen molar-refractivity contribution in [1.82, 2.24) is 9.97 Å². The number of aromatic amines is 1. The van der Waals surface area contributed by atoms with Gasteiger partial charge in [0, 0.05) is 18.0 Å². The minimum Gasteiger partial charge on any atom is -0.505 e. The van der Waals surface area contributed by atoms with Crippen LogP contribution in [0.1, 0.15) is 29.3 Å². The smallest absolute Gasteiger partial charge is 0.276 e. The summed E-state index contributed by atoms with van der Waals surface area (Å²) < 4.78 is 0. The highest BCUT2D eigenvalue weighted by atomic mass is 35.5.